The number of alkyl halides is 6. The number of anilines is 4. The molecule has 6 rings (SSSR count). The van der Waals surface area contributed by atoms with Crippen molar-refractivity contribution in [3.63, 3.8) is 0 Å². The van der Waals surface area contributed by atoms with Crippen LogP contribution in [-0.4, -0.2) is 72.9 Å². The van der Waals surface area contributed by atoms with E-state index in [9.17, 15) is 45.5 Å². The molecule has 408 valence electrons. The van der Waals surface area contributed by atoms with Crippen LogP contribution in [0.15, 0.2) is 146 Å². The SMILES string of the molecule is Nc1ccc(CCO)c(N)c1.Nc1ccc(CCOC(=O)/C=C/c2ccc(OC(=O)c3ccc(OCCCC(F)(F)F)cc3)cc2)c(N)c1.O=C(O)/C=C/c1ccc(OC(=O)c2ccc(OCCCC(F)(F)F)cc2)cc1. The van der Waals surface area contributed by atoms with E-state index in [4.69, 9.17) is 56.8 Å². The normalized spacial score (nSPS) is 11.2. The number of benzene rings is 6. The fourth-order valence-electron chi connectivity index (χ4n) is 6.37. The lowest BCUT2D eigenvalue weighted by Crippen LogP contribution is -2.10. The standard InChI is InChI=1S/C28H27F3N2O5.C20H17F3O5.C8H12N2O/c29-28(30,31)15-1-16-36-23-11-6-21(7-12-23)27(35)38-24-9-2-19(3-10-24)4-13-26(34)37-17-14-20-5-8-22(32)18-25(20)33;21-20(22,23)12-1-13-27-16-9-5-15(6-10-16)19(26)28-17-7-2-14(3-8-17)4-11-18(24)25;9-7-2-1-6(3-4-11)8(10)5-7/h2-13,18H,1,14-17,32-33H2;2-11H,1,12-13H2,(H,24,25);1-2,5,11H,3-4,9-10H2/b13-4+;11-4+;. The molecule has 21 heteroatoms. The zero-order valence-electron chi connectivity index (χ0n) is 41.2. The number of aliphatic hydroxyl groups excluding tert-OH is 1. The molecule has 0 aromatic heterocycles. The molecule has 0 bridgehead atoms. The Hall–Kier alpha value is -8.98. The summed E-state index contributed by atoms with van der Waals surface area (Å²) in [7, 11) is 0. The Bertz CT molecular complexity index is 2900. The second-order valence-corrected chi connectivity index (χ2v) is 16.4. The summed E-state index contributed by atoms with van der Waals surface area (Å²) in [6, 6.07) is 35.0. The van der Waals surface area contributed by atoms with Crippen molar-refractivity contribution in [1.82, 2.24) is 0 Å². The van der Waals surface area contributed by atoms with Crippen LogP contribution in [0.1, 0.15) is 68.7 Å². The molecule has 0 aliphatic carbocycles. The summed E-state index contributed by atoms with van der Waals surface area (Å²) in [5.74, 6) is -1.51. The quantitative estimate of drug-likeness (QED) is 0.00978. The molecule has 15 nitrogen and oxygen atoms in total. The average Bonchev–Trinajstić information content (AvgIpc) is 3.38. The molecular formula is C56H56F6N4O11. The topological polar surface area (TPSA) is 259 Å². The summed E-state index contributed by atoms with van der Waals surface area (Å²) < 4.78 is 98.9. The Kier molecular flexibility index (Phi) is 23.9. The van der Waals surface area contributed by atoms with Crippen LogP contribution in [0.3, 0.4) is 0 Å². The zero-order chi connectivity index (χ0) is 56.4. The number of aliphatic carboxylic acids is 1. The lowest BCUT2D eigenvalue weighted by Gasteiger charge is -2.09. The van der Waals surface area contributed by atoms with Crippen molar-refractivity contribution in [2.45, 2.75) is 50.9 Å². The maximum absolute atomic E-state index is 12.4. The van der Waals surface area contributed by atoms with Crippen LogP contribution in [0, 0.1) is 0 Å². The lowest BCUT2D eigenvalue weighted by molar-refractivity contribution is -0.138. The van der Waals surface area contributed by atoms with Crippen molar-refractivity contribution >= 4 is 58.8 Å². The number of carboxylic acid groups (broad SMARTS) is 1. The summed E-state index contributed by atoms with van der Waals surface area (Å²) in [5.41, 5.74) is 28.7. The van der Waals surface area contributed by atoms with Crippen molar-refractivity contribution in [2.24, 2.45) is 0 Å². The van der Waals surface area contributed by atoms with Gasteiger partial charge in [-0.15, -0.1) is 0 Å². The van der Waals surface area contributed by atoms with Gasteiger partial charge in [0.1, 0.15) is 23.0 Å². The van der Waals surface area contributed by atoms with Crippen LogP contribution < -0.4 is 41.9 Å². The number of nitrogens with two attached hydrogens (primary N) is 4. The smallest absolute Gasteiger partial charge is 0.389 e. The zero-order valence-corrected chi connectivity index (χ0v) is 41.2. The number of carboxylic acids is 1. The molecule has 0 spiro atoms. The molecule has 0 saturated carbocycles. The van der Waals surface area contributed by atoms with Gasteiger partial charge in [0.05, 0.1) is 30.9 Å². The number of halogens is 6. The Balaban J connectivity index is 0.000000285. The van der Waals surface area contributed by atoms with Crippen LogP contribution in [0.2, 0.25) is 0 Å². The maximum Gasteiger partial charge on any atom is 0.389 e. The molecule has 0 heterocycles. The van der Waals surface area contributed by atoms with E-state index in [1.165, 1.54) is 72.8 Å². The predicted molar refractivity (Wildman–Crippen MR) is 279 cm³/mol. The number of nitrogen functional groups attached to an aromatic ring is 4. The van der Waals surface area contributed by atoms with E-state index in [1.54, 1.807) is 72.8 Å². The van der Waals surface area contributed by atoms with Gasteiger partial charge in [-0.05, 0) is 151 Å². The Morgan fingerprint density at radius 2 is 0.883 bits per heavy atom. The Morgan fingerprint density at radius 3 is 1.26 bits per heavy atom. The largest absolute Gasteiger partial charge is 0.494 e. The Labute approximate surface area is 439 Å². The molecule has 0 radical (unpaired) electrons. The summed E-state index contributed by atoms with van der Waals surface area (Å²) in [5, 5.41) is 17.2. The van der Waals surface area contributed by atoms with Crippen molar-refractivity contribution in [2.75, 3.05) is 49.4 Å². The summed E-state index contributed by atoms with van der Waals surface area (Å²) in [6.45, 7) is 0.123. The van der Waals surface area contributed by atoms with Gasteiger partial charge in [0.15, 0.2) is 0 Å². The van der Waals surface area contributed by atoms with E-state index >= 15 is 0 Å². The number of ether oxygens (including phenoxy) is 5. The third-order valence-corrected chi connectivity index (χ3v) is 10.3. The molecule has 77 heavy (non-hydrogen) atoms. The molecule has 0 aliphatic rings. The van der Waals surface area contributed by atoms with Gasteiger partial charge in [0.2, 0.25) is 0 Å². The average molecular weight is 1080 g/mol. The van der Waals surface area contributed by atoms with Gasteiger partial charge in [-0.1, -0.05) is 36.4 Å². The highest BCUT2D eigenvalue weighted by atomic mass is 19.4. The molecular weight excluding hydrogens is 1020 g/mol. The molecule has 0 fully saturated rings. The van der Waals surface area contributed by atoms with Crippen molar-refractivity contribution in [3.05, 3.63) is 179 Å². The van der Waals surface area contributed by atoms with Gasteiger partial charge in [0, 0.05) is 60.8 Å². The first-order valence-electron chi connectivity index (χ1n) is 23.4. The number of aliphatic hydroxyl groups is 1. The number of hydrogen-bond acceptors (Lipinski definition) is 14. The number of rotatable bonds is 21. The van der Waals surface area contributed by atoms with Gasteiger partial charge in [0.25, 0.3) is 0 Å². The van der Waals surface area contributed by atoms with E-state index in [2.05, 4.69) is 0 Å². The summed E-state index contributed by atoms with van der Waals surface area (Å²) in [6.07, 6.45) is -4.25. The van der Waals surface area contributed by atoms with E-state index in [-0.39, 0.29) is 56.1 Å². The first-order valence-corrected chi connectivity index (χ1v) is 23.4. The molecule has 10 N–H and O–H groups in total. The number of esters is 3. The molecule has 0 unspecified atom stereocenters. The molecule has 0 saturated heterocycles. The van der Waals surface area contributed by atoms with Crippen LogP contribution >= 0.6 is 0 Å². The van der Waals surface area contributed by atoms with Crippen LogP contribution in [0.5, 0.6) is 23.0 Å². The van der Waals surface area contributed by atoms with Gasteiger partial charge in [-0.3, -0.25) is 0 Å². The fourth-order valence-corrected chi connectivity index (χ4v) is 6.37. The fraction of sp³-hybridized carbons (Fsp3) is 0.214. The second-order valence-electron chi connectivity index (χ2n) is 16.4. The van der Waals surface area contributed by atoms with E-state index in [0.29, 0.717) is 64.0 Å². The van der Waals surface area contributed by atoms with Gasteiger partial charge >= 0.3 is 36.2 Å². The minimum absolute atomic E-state index is 0.0774. The Morgan fingerprint density at radius 1 is 0.494 bits per heavy atom. The molecule has 0 amide bonds. The summed E-state index contributed by atoms with van der Waals surface area (Å²) in [4.78, 5) is 46.9. The van der Waals surface area contributed by atoms with E-state index in [1.807, 2.05) is 6.07 Å². The minimum atomic E-state index is -4.22. The monoisotopic (exact) mass is 1070 g/mol. The molecule has 6 aromatic rings. The van der Waals surface area contributed by atoms with Crippen molar-refractivity contribution < 1.29 is 79.4 Å². The van der Waals surface area contributed by atoms with Crippen LogP contribution in [0.25, 0.3) is 12.2 Å². The maximum atomic E-state index is 12.4. The second kappa shape index (κ2) is 30.4. The third-order valence-electron chi connectivity index (χ3n) is 10.3. The first-order chi connectivity index (χ1) is 36.5. The number of carbonyl (C=O) groups is 4. The summed E-state index contributed by atoms with van der Waals surface area (Å²) >= 11 is 0. The van der Waals surface area contributed by atoms with E-state index in [0.717, 1.165) is 17.2 Å². The highest BCUT2D eigenvalue weighted by Gasteiger charge is 2.27. The number of hydrogen-bond donors (Lipinski definition) is 6. The van der Waals surface area contributed by atoms with Gasteiger partial charge in [-0.2, -0.15) is 26.3 Å². The van der Waals surface area contributed by atoms with Gasteiger partial charge < -0.3 is 56.8 Å². The molecule has 0 aliphatic heterocycles. The highest BCUT2D eigenvalue weighted by molar-refractivity contribution is 5.92. The lowest BCUT2D eigenvalue weighted by atomic mass is 10.1. The predicted octanol–water partition coefficient (Wildman–Crippen LogP) is 10.7. The minimum Gasteiger partial charge on any atom is -0.494 e. The molecule has 6 aromatic carbocycles. The van der Waals surface area contributed by atoms with Crippen molar-refractivity contribution in [1.29, 1.82) is 0 Å². The van der Waals surface area contributed by atoms with Crippen LogP contribution in [-0.2, 0) is 27.2 Å². The first kappa shape index (κ1) is 60.6. The van der Waals surface area contributed by atoms with Crippen LogP contribution in [0.4, 0.5) is 49.1 Å². The highest BCUT2D eigenvalue weighted by Crippen LogP contribution is 2.25. The number of carbonyl (C=O) groups excluding carboxylic acids is 3. The van der Waals surface area contributed by atoms with Crippen molar-refractivity contribution in [3.8, 4) is 23.0 Å². The van der Waals surface area contributed by atoms with Gasteiger partial charge in [-0.25, -0.2) is 19.2 Å². The van der Waals surface area contributed by atoms with E-state index < -0.39 is 49.1 Å². The third kappa shape index (κ3) is 24.3. The molecule has 0 atom stereocenters.